The third kappa shape index (κ3) is 6.71. The summed E-state index contributed by atoms with van der Waals surface area (Å²) in [6.45, 7) is 0.210. The molecule has 180 valence electrons. The van der Waals surface area contributed by atoms with Gasteiger partial charge in [0.2, 0.25) is 0 Å². The van der Waals surface area contributed by atoms with Gasteiger partial charge in [0.15, 0.2) is 11.5 Å². The smallest absolute Gasteiger partial charge is 0.266 e. The molecule has 0 aliphatic carbocycles. The molecule has 0 unspecified atom stereocenters. The van der Waals surface area contributed by atoms with Gasteiger partial charge in [-0.3, -0.25) is 4.79 Å². The minimum absolute atomic E-state index is 0.0973. The Labute approximate surface area is 229 Å². The number of methoxy groups -OCH3 is 2. The predicted octanol–water partition coefficient (Wildman–Crippen LogP) is 7.66. The van der Waals surface area contributed by atoms with Crippen LogP contribution in [-0.4, -0.2) is 20.1 Å². The van der Waals surface area contributed by atoms with Crippen LogP contribution < -0.4 is 19.5 Å². The molecule has 0 fully saturated rings. The monoisotopic (exact) mass is 638 g/mol. The standard InChI is InChI=1S/C25H18Br2Cl2N2O4/c1-33-18-6-4-17(5-7-18)31-25(32)16(12-30)10-15-11-21(34-2)24(23(27)22(15)26)35-13-14-3-8-19(28)20(29)9-14/h3-11H,13H2,1-2H3,(H,31,32)/b16-10-. The Morgan fingerprint density at radius 1 is 1.03 bits per heavy atom. The Kier molecular flexibility index (Phi) is 9.47. The summed E-state index contributed by atoms with van der Waals surface area (Å²) in [7, 11) is 3.05. The molecule has 3 aromatic carbocycles. The fourth-order valence-electron chi connectivity index (χ4n) is 2.96. The molecule has 0 aromatic heterocycles. The average molecular weight is 641 g/mol. The number of benzene rings is 3. The van der Waals surface area contributed by atoms with Gasteiger partial charge in [-0.1, -0.05) is 29.3 Å². The van der Waals surface area contributed by atoms with Crippen molar-refractivity contribution in [3.63, 3.8) is 0 Å². The molecule has 0 radical (unpaired) electrons. The van der Waals surface area contributed by atoms with Gasteiger partial charge in [0.1, 0.15) is 24.0 Å². The van der Waals surface area contributed by atoms with Gasteiger partial charge >= 0.3 is 0 Å². The quantitative estimate of drug-likeness (QED) is 0.202. The number of rotatable bonds is 8. The van der Waals surface area contributed by atoms with E-state index in [1.807, 2.05) is 6.07 Å². The molecule has 0 atom stereocenters. The van der Waals surface area contributed by atoms with E-state index in [2.05, 4.69) is 37.2 Å². The molecule has 0 saturated carbocycles. The number of halogens is 4. The lowest BCUT2D eigenvalue weighted by Crippen LogP contribution is -2.13. The number of hydrogen-bond donors (Lipinski definition) is 1. The Balaban J connectivity index is 1.86. The molecule has 0 saturated heterocycles. The van der Waals surface area contributed by atoms with Crippen molar-refractivity contribution in [2.75, 3.05) is 19.5 Å². The fraction of sp³-hybridized carbons (Fsp3) is 0.120. The molecule has 6 nitrogen and oxygen atoms in total. The zero-order valence-electron chi connectivity index (χ0n) is 18.5. The van der Waals surface area contributed by atoms with Crippen LogP contribution in [0.25, 0.3) is 6.08 Å². The van der Waals surface area contributed by atoms with Crippen LogP contribution in [0.1, 0.15) is 11.1 Å². The van der Waals surface area contributed by atoms with Gasteiger partial charge in [0.25, 0.3) is 5.91 Å². The first kappa shape index (κ1) is 26.9. The Morgan fingerprint density at radius 3 is 2.34 bits per heavy atom. The van der Waals surface area contributed by atoms with Crippen LogP contribution in [-0.2, 0) is 11.4 Å². The summed E-state index contributed by atoms with van der Waals surface area (Å²) in [6, 6.07) is 15.6. The first-order valence-corrected chi connectivity index (χ1v) is 12.3. The van der Waals surface area contributed by atoms with Crippen molar-refractivity contribution in [3.8, 4) is 23.3 Å². The lowest BCUT2D eigenvalue weighted by atomic mass is 10.1. The van der Waals surface area contributed by atoms with Crippen LogP contribution in [0.5, 0.6) is 17.2 Å². The number of carbonyl (C=O) groups excluding carboxylic acids is 1. The highest BCUT2D eigenvalue weighted by Crippen LogP contribution is 2.44. The van der Waals surface area contributed by atoms with E-state index in [4.69, 9.17) is 37.4 Å². The number of nitrogens with one attached hydrogen (secondary N) is 1. The van der Waals surface area contributed by atoms with Gasteiger partial charge < -0.3 is 19.5 Å². The second-order valence-electron chi connectivity index (χ2n) is 7.01. The van der Waals surface area contributed by atoms with E-state index in [1.165, 1.54) is 13.2 Å². The number of anilines is 1. The summed E-state index contributed by atoms with van der Waals surface area (Å²) in [5.41, 5.74) is 1.79. The summed E-state index contributed by atoms with van der Waals surface area (Å²) >= 11 is 19.1. The summed E-state index contributed by atoms with van der Waals surface area (Å²) in [4.78, 5) is 12.7. The average Bonchev–Trinajstić information content (AvgIpc) is 2.86. The van der Waals surface area contributed by atoms with E-state index in [0.29, 0.717) is 47.5 Å². The van der Waals surface area contributed by atoms with Gasteiger partial charge in [0, 0.05) is 10.2 Å². The highest BCUT2D eigenvalue weighted by Gasteiger charge is 2.19. The molecule has 3 rings (SSSR count). The highest BCUT2D eigenvalue weighted by molar-refractivity contribution is 9.13. The molecule has 3 aromatic rings. The maximum absolute atomic E-state index is 12.7. The maximum Gasteiger partial charge on any atom is 0.266 e. The first-order valence-electron chi connectivity index (χ1n) is 9.97. The van der Waals surface area contributed by atoms with Gasteiger partial charge in [-0.25, -0.2) is 0 Å². The van der Waals surface area contributed by atoms with E-state index in [1.54, 1.807) is 55.6 Å². The van der Waals surface area contributed by atoms with E-state index in [9.17, 15) is 10.1 Å². The lowest BCUT2D eigenvalue weighted by molar-refractivity contribution is -0.112. The Hall–Kier alpha value is -2.70. The van der Waals surface area contributed by atoms with Crippen LogP contribution in [0, 0.1) is 11.3 Å². The van der Waals surface area contributed by atoms with Crippen molar-refractivity contribution in [1.29, 1.82) is 5.26 Å². The van der Waals surface area contributed by atoms with Gasteiger partial charge in [0.05, 0.1) is 28.7 Å². The summed E-state index contributed by atoms with van der Waals surface area (Å²) < 4.78 is 17.7. The fourth-order valence-corrected chi connectivity index (χ4v) is 4.23. The molecule has 35 heavy (non-hydrogen) atoms. The molecular formula is C25H18Br2Cl2N2O4. The molecule has 0 aliphatic rings. The van der Waals surface area contributed by atoms with Crippen molar-refractivity contribution in [3.05, 3.63) is 84.2 Å². The number of amides is 1. The Morgan fingerprint density at radius 2 is 1.74 bits per heavy atom. The largest absolute Gasteiger partial charge is 0.497 e. The minimum Gasteiger partial charge on any atom is -0.497 e. The SMILES string of the molecule is COc1ccc(NC(=O)/C(C#N)=C\c2cc(OC)c(OCc3ccc(Cl)c(Cl)c3)c(Br)c2Br)cc1. The van der Waals surface area contributed by atoms with E-state index in [-0.39, 0.29) is 12.2 Å². The molecular weight excluding hydrogens is 623 g/mol. The van der Waals surface area contributed by atoms with Crippen LogP contribution in [0.3, 0.4) is 0 Å². The van der Waals surface area contributed by atoms with Crippen molar-refractivity contribution < 1.29 is 19.0 Å². The molecule has 0 aliphatic heterocycles. The first-order chi connectivity index (χ1) is 16.8. The van der Waals surface area contributed by atoms with Crippen LogP contribution in [0.15, 0.2) is 63.0 Å². The van der Waals surface area contributed by atoms with Gasteiger partial charge in [-0.05, 0) is 91.5 Å². The second kappa shape index (κ2) is 12.3. The van der Waals surface area contributed by atoms with Crippen molar-refractivity contribution in [2.45, 2.75) is 6.61 Å². The topological polar surface area (TPSA) is 80.6 Å². The number of nitrogens with zero attached hydrogens (tertiary/aromatic N) is 1. The number of nitriles is 1. The summed E-state index contributed by atoms with van der Waals surface area (Å²) in [5.74, 6) is 0.934. The second-order valence-corrected chi connectivity index (χ2v) is 9.42. The lowest BCUT2D eigenvalue weighted by Gasteiger charge is -2.16. The Bertz CT molecular complexity index is 1320. The van der Waals surface area contributed by atoms with E-state index in [0.717, 1.165) is 5.56 Å². The number of ether oxygens (including phenoxy) is 3. The van der Waals surface area contributed by atoms with Crippen molar-refractivity contribution in [2.24, 2.45) is 0 Å². The van der Waals surface area contributed by atoms with Crippen molar-refractivity contribution in [1.82, 2.24) is 0 Å². The molecule has 1 amide bonds. The summed E-state index contributed by atoms with van der Waals surface area (Å²) in [5, 5.41) is 13.2. The zero-order valence-corrected chi connectivity index (χ0v) is 23.2. The van der Waals surface area contributed by atoms with Gasteiger partial charge in [-0.15, -0.1) is 0 Å². The number of carbonyl (C=O) groups is 1. The molecule has 1 N–H and O–H groups in total. The molecule has 0 spiro atoms. The third-order valence-corrected chi connectivity index (χ3v) is 7.64. The van der Waals surface area contributed by atoms with E-state index < -0.39 is 5.91 Å². The number of hydrogen-bond acceptors (Lipinski definition) is 5. The molecule has 0 heterocycles. The van der Waals surface area contributed by atoms with Crippen LogP contribution in [0.2, 0.25) is 10.0 Å². The maximum atomic E-state index is 12.7. The molecule has 0 bridgehead atoms. The third-order valence-electron chi connectivity index (χ3n) is 4.76. The van der Waals surface area contributed by atoms with Crippen molar-refractivity contribution >= 4 is 72.7 Å². The minimum atomic E-state index is -0.556. The summed E-state index contributed by atoms with van der Waals surface area (Å²) in [6.07, 6.45) is 1.46. The van der Waals surface area contributed by atoms with Gasteiger partial charge in [-0.2, -0.15) is 5.26 Å². The predicted molar refractivity (Wildman–Crippen MR) is 144 cm³/mol. The zero-order chi connectivity index (χ0) is 25.5. The highest BCUT2D eigenvalue weighted by atomic mass is 79.9. The van der Waals surface area contributed by atoms with E-state index >= 15 is 0 Å². The van der Waals surface area contributed by atoms with Crippen LogP contribution >= 0.6 is 55.1 Å². The normalized spacial score (nSPS) is 10.9. The molecule has 10 heteroatoms. The van der Waals surface area contributed by atoms with Crippen LogP contribution in [0.4, 0.5) is 5.69 Å².